The van der Waals surface area contributed by atoms with Gasteiger partial charge in [-0.3, -0.25) is 9.59 Å². The van der Waals surface area contributed by atoms with E-state index in [-0.39, 0.29) is 23.8 Å². The molecular formula is C27H45N3O4. The molecule has 0 heterocycles. The fourth-order valence-electron chi connectivity index (χ4n) is 3.84. The van der Waals surface area contributed by atoms with Gasteiger partial charge in [-0.25, -0.2) is 4.79 Å². The molecule has 192 valence electrons. The van der Waals surface area contributed by atoms with E-state index >= 15 is 0 Å². The standard InChI is InChI=1S/C27H45N3O4/c1-16(2)21(29-25(33)34-27(10,11)12)24(32)30(26(7,8)9)22(23(31)28-17(3)4)20-14-13-18(5)15-19(20)6/h13-17,21-22H,1-12H3,(H,28,31)(H,29,33). The number of benzene rings is 1. The Balaban J connectivity index is 3.61. The van der Waals surface area contributed by atoms with Crippen molar-refractivity contribution in [2.75, 3.05) is 0 Å². The highest BCUT2D eigenvalue weighted by Crippen LogP contribution is 2.33. The van der Waals surface area contributed by atoms with E-state index in [1.165, 1.54) is 0 Å². The number of hydrogen-bond donors (Lipinski definition) is 2. The normalized spacial score (nSPS) is 13.9. The Morgan fingerprint density at radius 3 is 1.88 bits per heavy atom. The van der Waals surface area contributed by atoms with Crippen molar-refractivity contribution in [2.24, 2.45) is 5.92 Å². The van der Waals surface area contributed by atoms with Crippen molar-refractivity contribution in [2.45, 2.75) is 112 Å². The summed E-state index contributed by atoms with van der Waals surface area (Å²) in [6, 6.07) is 4.04. The van der Waals surface area contributed by atoms with Gasteiger partial charge in [0.1, 0.15) is 17.7 Å². The molecule has 0 bridgehead atoms. The molecule has 7 nitrogen and oxygen atoms in total. The van der Waals surface area contributed by atoms with Gasteiger partial charge in [0, 0.05) is 11.6 Å². The smallest absolute Gasteiger partial charge is 0.408 e. The number of rotatable bonds is 7. The van der Waals surface area contributed by atoms with E-state index < -0.39 is 29.3 Å². The summed E-state index contributed by atoms with van der Waals surface area (Å²) >= 11 is 0. The molecule has 1 aromatic carbocycles. The number of hydrogen-bond acceptors (Lipinski definition) is 4. The Morgan fingerprint density at radius 1 is 0.912 bits per heavy atom. The van der Waals surface area contributed by atoms with Crippen molar-refractivity contribution in [1.82, 2.24) is 15.5 Å². The summed E-state index contributed by atoms with van der Waals surface area (Å²) in [6.07, 6.45) is -0.664. The largest absolute Gasteiger partial charge is 0.444 e. The first kappa shape index (κ1) is 29.5. The summed E-state index contributed by atoms with van der Waals surface area (Å²) in [5.41, 5.74) is 1.34. The highest BCUT2D eigenvalue weighted by atomic mass is 16.6. The van der Waals surface area contributed by atoms with Crippen LogP contribution in [0, 0.1) is 19.8 Å². The molecule has 3 amide bonds. The highest BCUT2D eigenvalue weighted by molar-refractivity contribution is 5.93. The lowest BCUT2D eigenvalue weighted by molar-refractivity contribution is -0.149. The number of carbonyl (C=O) groups is 3. The number of carbonyl (C=O) groups excluding carboxylic acids is 3. The first-order valence-corrected chi connectivity index (χ1v) is 12.1. The Kier molecular flexibility index (Phi) is 9.74. The molecule has 2 atom stereocenters. The van der Waals surface area contributed by atoms with Crippen LogP contribution in [-0.4, -0.2) is 46.0 Å². The van der Waals surface area contributed by atoms with Crippen LogP contribution in [0.25, 0.3) is 0 Å². The van der Waals surface area contributed by atoms with E-state index in [1.807, 2.05) is 80.5 Å². The van der Waals surface area contributed by atoms with Gasteiger partial charge in [0.15, 0.2) is 0 Å². The summed E-state index contributed by atoms with van der Waals surface area (Å²) in [5, 5.41) is 5.74. The van der Waals surface area contributed by atoms with Crippen molar-refractivity contribution >= 4 is 17.9 Å². The third-order valence-electron chi connectivity index (χ3n) is 5.22. The van der Waals surface area contributed by atoms with E-state index in [0.717, 1.165) is 16.7 Å². The lowest BCUT2D eigenvalue weighted by atomic mass is 9.90. The molecule has 0 saturated heterocycles. The molecule has 1 aromatic rings. The molecule has 0 saturated carbocycles. The summed E-state index contributed by atoms with van der Waals surface area (Å²) in [5.74, 6) is -0.819. The van der Waals surface area contributed by atoms with Gasteiger partial charge in [-0.1, -0.05) is 37.6 Å². The average molecular weight is 476 g/mol. The molecule has 0 aliphatic carbocycles. The van der Waals surface area contributed by atoms with Crippen LogP contribution < -0.4 is 10.6 Å². The Morgan fingerprint density at radius 2 is 1.47 bits per heavy atom. The van der Waals surface area contributed by atoms with Crippen LogP contribution in [0.15, 0.2) is 18.2 Å². The van der Waals surface area contributed by atoms with Gasteiger partial charge in [0.2, 0.25) is 11.8 Å². The molecule has 2 N–H and O–H groups in total. The maximum Gasteiger partial charge on any atom is 0.408 e. The van der Waals surface area contributed by atoms with E-state index in [2.05, 4.69) is 10.6 Å². The minimum atomic E-state index is -0.867. The SMILES string of the molecule is Cc1ccc(C(C(=O)NC(C)C)N(C(=O)C(NC(=O)OC(C)(C)C)C(C)C)C(C)(C)C)c(C)c1. The fraction of sp³-hybridized carbons (Fsp3) is 0.667. The van der Waals surface area contributed by atoms with Gasteiger partial charge in [-0.05, 0) is 86.3 Å². The minimum Gasteiger partial charge on any atom is -0.444 e. The predicted molar refractivity (Wildman–Crippen MR) is 137 cm³/mol. The van der Waals surface area contributed by atoms with E-state index in [1.54, 1.807) is 25.7 Å². The van der Waals surface area contributed by atoms with Crippen LogP contribution in [-0.2, 0) is 14.3 Å². The van der Waals surface area contributed by atoms with Crippen molar-refractivity contribution in [1.29, 1.82) is 0 Å². The number of amides is 3. The Hall–Kier alpha value is -2.57. The van der Waals surface area contributed by atoms with Gasteiger partial charge >= 0.3 is 6.09 Å². The second-order valence-corrected chi connectivity index (χ2v) is 11.7. The van der Waals surface area contributed by atoms with Crippen LogP contribution in [0.4, 0.5) is 4.79 Å². The zero-order valence-electron chi connectivity index (χ0n) is 23.1. The molecule has 7 heteroatoms. The lowest BCUT2D eigenvalue weighted by Crippen LogP contribution is -2.60. The number of alkyl carbamates (subject to hydrolysis) is 1. The van der Waals surface area contributed by atoms with E-state index in [9.17, 15) is 14.4 Å². The van der Waals surface area contributed by atoms with Gasteiger partial charge in [-0.15, -0.1) is 0 Å². The maximum atomic E-state index is 14.1. The molecule has 0 radical (unpaired) electrons. The maximum absolute atomic E-state index is 14.1. The molecule has 0 spiro atoms. The quantitative estimate of drug-likeness (QED) is 0.578. The summed E-state index contributed by atoms with van der Waals surface area (Å²) in [7, 11) is 0. The average Bonchev–Trinajstić information content (AvgIpc) is 2.61. The van der Waals surface area contributed by atoms with Gasteiger partial charge < -0.3 is 20.3 Å². The van der Waals surface area contributed by atoms with Crippen molar-refractivity contribution in [3.63, 3.8) is 0 Å². The van der Waals surface area contributed by atoms with Gasteiger partial charge in [0.25, 0.3) is 0 Å². The molecule has 1 rings (SSSR count). The summed E-state index contributed by atoms with van der Waals surface area (Å²) in [4.78, 5) is 41.8. The zero-order chi connectivity index (χ0) is 26.6. The number of nitrogens with zero attached hydrogens (tertiary/aromatic N) is 1. The van der Waals surface area contributed by atoms with Crippen LogP contribution >= 0.6 is 0 Å². The Labute approximate surface area is 206 Å². The lowest BCUT2D eigenvalue weighted by Gasteiger charge is -2.44. The van der Waals surface area contributed by atoms with E-state index in [4.69, 9.17) is 4.74 Å². The van der Waals surface area contributed by atoms with Crippen LogP contribution in [0.5, 0.6) is 0 Å². The molecular weight excluding hydrogens is 430 g/mol. The third-order valence-corrected chi connectivity index (χ3v) is 5.22. The van der Waals surface area contributed by atoms with Crippen LogP contribution in [0.2, 0.25) is 0 Å². The zero-order valence-corrected chi connectivity index (χ0v) is 23.1. The topological polar surface area (TPSA) is 87.7 Å². The first-order valence-electron chi connectivity index (χ1n) is 12.1. The second kappa shape index (κ2) is 11.2. The molecule has 0 aliphatic rings. The van der Waals surface area contributed by atoms with Crippen molar-refractivity contribution in [3.8, 4) is 0 Å². The van der Waals surface area contributed by atoms with Crippen molar-refractivity contribution in [3.05, 3.63) is 34.9 Å². The second-order valence-electron chi connectivity index (χ2n) is 11.7. The molecule has 0 fully saturated rings. The molecule has 0 aliphatic heterocycles. The number of nitrogens with one attached hydrogen (secondary N) is 2. The van der Waals surface area contributed by atoms with Crippen molar-refractivity contribution < 1.29 is 19.1 Å². The molecule has 34 heavy (non-hydrogen) atoms. The van der Waals surface area contributed by atoms with Gasteiger partial charge in [0.05, 0.1) is 0 Å². The first-order chi connectivity index (χ1) is 15.3. The minimum absolute atomic E-state index is 0.0986. The Bertz CT molecular complexity index is 879. The summed E-state index contributed by atoms with van der Waals surface area (Å²) in [6.45, 7) is 22.4. The van der Waals surface area contributed by atoms with Gasteiger partial charge in [-0.2, -0.15) is 0 Å². The van der Waals surface area contributed by atoms with Crippen LogP contribution in [0.1, 0.15) is 92.0 Å². The fourth-order valence-corrected chi connectivity index (χ4v) is 3.84. The highest BCUT2D eigenvalue weighted by Gasteiger charge is 2.43. The van der Waals surface area contributed by atoms with E-state index in [0.29, 0.717) is 0 Å². The molecule has 0 aromatic heterocycles. The number of ether oxygens (including phenoxy) is 1. The predicted octanol–water partition coefficient (Wildman–Crippen LogP) is 5.05. The van der Waals surface area contributed by atoms with Crippen LogP contribution in [0.3, 0.4) is 0 Å². The monoisotopic (exact) mass is 475 g/mol. The third kappa shape index (κ3) is 8.33. The number of aryl methyl sites for hydroxylation is 2. The summed E-state index contributed by atoms with van der Waals surface area (Å²) < 4.78 is 5.41. The molecule has 2 unspecified atom stereocenters.